The molecule has 4 rings (SSSR count). The van der Waals surface area contributed by atoms with Crippen molar-refractivity contribution in [3.05, 3.63) is 41.0 Å². The molecule has 1 aliphatic heterocycles. The zero-order chi connectivity index (χ0) is 20.4. The lowest BCUT2D eigenvalue weighted by atomic mass is 10.0. The van der Waals surface area contributed by atoms with Crippen LogP contribution in [0.15, 0.2) is 30.6 Å². The van der Waals surface area contributed by atoms with E-state index in [4.69, 9.17) is 4.74 Å². The van der Waals surface area contributed by atoms with Crippen LogP contribution in [0.2, 0.25) is 0 Å². The quantitative estimate of drug-likeness (QED) is 0.639. The van der Waals surface area contributed by atoms with Gasteiger partial charge in [-0.3, -0.25) is 4.79 Å². The van der Waals surface area contributed by atoms with Crippen molar-refractivity contribution < 1.29 is 9.53 Å². The minimum absolute atomic E-state index is 0.143. The van der Waals surface area contributed by atoms with E-state index >= 15 is 0 Å². The van der Waals surface area contributed by atoms with Gasteiger partial charge in [0.05, 0.1) is 22.6 Å². The van der Waals surface area contributed by atoms with E-state index in [1.807, 2.05) is 38.1 Å². The zero-order valence-corrected chi connectivity index (χ0v) is 17.9. The number of rotatable bonds is 5. The molecule has 3 aromatic rings. The van der Waals surface area contributed by atoms with E-state index in [-0.39, 0.29) is 5.91 Å². The molecule has 1 atom stereocenters. The molecule has 29 heavy (non-hydrogen) atoms. The minimum Gasteiger partial charge on any atom is -0.492 e. The number of benzene rings is 1. The van der Waals surface area contributed by atoms with Crippen LogP contribution >= 0.6 is 11.3 Å². The van der Waals surface area contributed by atoms with Gasteiger partial charge >= 0.3 is 0 Å². The van der Waals surface area contributed by atoms with Crippen LogP contribution in [0.5, 0.6) is 5.75 Å². The molecular formula is C22H26N4O2S. The average Bonchev–Trinajstić information content (AvgIpc) is 3.07. The molecule has 7 heteroatoms. The van der Waals surface area contributed by atoms with Crippen LogP contribution in [0.3, 0.4) is 0 Å². The lowest BCUT2D eigenvalue weighted by molar-refractivity contribution is 0.102. The van der Waals surface area contributed by atoms with Gasteiger partial charge in [0.2, 0.25) is 0 Å². The summed E-state index contributed by atoms with van der Waals surface area (Å²) < 4.78 is 5.63. The van der Waals surface area contributed by atoms with Crippen molar-refractivity contribution in [1.29, 1.82) is 0 Å². The Morgan fingerprint density at radius 1 is 1.31 bits per heavy atom. The third-order valence-electron chi connectivity index (χ3n) is 5.42. The molecule has 3 heterocycles. The van der Waals surface area contributed by atoms with Gasteiger partial charge < -0.3 is 15.0 Å². The molecule has 1 aromatic carbocycles. The molecule has 0 bridgehead atoms. The first-order chi connectivity index (χ1) is 14.1. The molecular weight excluding hydrogens is 384 g/mol. The predicted octanol–water partition coefficient (Wildman–Crippen LogP) is 5.03. The standard InChI is InChI=1S/C22H26N4O2S/c1-4-28-17-11-6-5-10-16(17)25-21(27)19-15(3)18-20(23-13-24-22(18)29-19)26-12-8-7-9-14(26)2/h5-6,10-11,13-14H,4,7-9,12H2,1-3H3,(H,25,27)/t14-/m1/s1. The number of aromatic nitrogens is 2. The Balaban J connectivity index is 1.69. The van der Waals surface area contributed by atoms with Crippen LogP contribution in [0.25, 0.3) is 10.2 Å². The van der Waals surface area contributed by atoms with E-state index < -0.39 is 0 Å². The lowest BCUT2D eigenvalue weighted by Crippen LogP contribution is -2.38. The first kappa shape index (κ1) is 19.6. The average molecular weight is 411 g/mol. The first-order valence-corrected chi connectivity index (χ1v) is 11.0. The molecule has 1 N–H and O–H groups in total. The van der Waals surface area contributed by atoms with E-state index in [1.165, 1.54) is 24.2 Å². The topological polar surface area (TPSA) is 67.3 Å². The minimum atomic E-state index is -0.143. The maximum absolute atomic E-state index is 13.1. The SMILES string of the molecule is CCOc1ccccc1NC(=O)c1sc2ncnc(N3CCCC[C@H]3C)c2c1C. The predicted molar refractivity (Wildman–Crippen MR) is 118 cm³/mol. The summed E-state index contributed by atoms with van der Waals surface area (Å²) in [5.41, 5.74) is 1.61. The summed E-state index contributed by atoms with van der Waals surface area (Å²) in [6, 6.07) is 7.94. The van der Waals surface area contributed by atoms with Crippen LogP contribution in [0.1, 0.15) is 48.3 Å². The Labute approximate surface area is 174 Å². The summed E-state index contributed by atoms with van der Waals surface area (Å²) in [6.07, 6.45) is 5.19. The molecule has 0 aliphatic carbocycles. The summed E-state index contributed by atoms with van der Waals surface area (Å²) in [4.78, 5) is 26.0. The Kier molecular flexibility index (Phi) is 5.67. The van der Waals surface area contributed by atoms with E-state index in [9.17, 15) is 4.79 Å². The van der Waals surface area contributed by atoms with Gasteiger partial charge in [-0.05, 0) is 57.7 Å². The number of anilines is 2. The largest absolute Gasteiger partial charge is 0.492 e. The van der Waals surface area contributed by atoms with Crippen molar-refractivity contribution in [3.8, 4) is 5.75 Å². The molecule has 6 nitrogen and oxygen atoms in total. The first-order valence-electron chi connectivity index (χ1n) is 10.1. The van der Waals surface area contributed by atoms with Crippen molar-refractivity contribution in [2.75, 3.05) is 23.4 Å². The fraction of sp³-hybridized carbons (Fsp3) is 0.409. The van der Waals surface area contributed by atoms with Gasteiger partial charge in [-0.2, -0.15) is 0 Å². The van der Waals surface area contributed by atoms with Crippen LogP contribution in [-0.2, 0) is 0 Å². The van der Waals surface area contributed by atoms with Gasteiger partial charge in [-0.1, -0.05) is 12.1 Å². The van der Waals surface area contributed by atoms with Gasteiger partial charge in [-0.15, -0.1) is 11.3 Å². The maximum Gasteiger partial charge on any atom is 0.266 e. The summed E-state index contributed by atoms with van der Waals surface area (Å²) in [5, 5.41) is 4.00. The number of amides is 1. The third kappa shape index (κ3) is 3.79. The number of hydrogen-bond donors (Lipinski definition) is 1. The van der Waals surface area contributed by atoms with E-state index in [1.54, 1.807) is 6.33 Å². The number of thiophene rings is 1. The van der Waals surface area contributed by atoms with Gasteiger partial charge in [0.15, 0.2) is 0 Å². The molecule has 152 valence electrons. The Hall–Kier alpha value is -2.67. The van der Waals surface area contributed by atoms with Gasteiger partial charge in [0.1, 0.15) is 22.7 Å². The summed E-state index contributed by atoms with van der Waals surface area (Å²) in [7, 11) is 0. The van der Waals surface area contributed by atoms with Gasteiger partial charge in [0, 0.05) is 12.6 Å². The van der Waals surface area contributed by atoms with Crippen LogP contribution in [0.4, 0.5) is 11.5 Å². The summed E-state index contributed by atoms with van der Waals surface area (Å²) in [5.74, 6) is 1.48. The van der Waals surface area contributed by atoms with Gasteiger partial charge in [-0.25, -0.2) is 9.97 Å². The highest BCUT2D eigenvalue weighted by molar-refractivity contribution is 7.20. The van der Waals surface area contributed by atoms with Crippen molar-refractivity contribution in [2.24, 2.45) is 0 Å². The smallest absolute Gasteiger partial charge is 0.266 e. The summed E-state index contributed by atoms with van der Waals surface area (Å²) in [6.45, 7) is 7.70. The monoisotopic (exact) mass is 410 g/mol. The fourth-order valence-electron chi connectivity index (χ4n) is 3.93. The van der Waals surface area contributed by atoms with Crippen LogP contribution in [0, 0.1) is 6.92 Å². The normalized spacial score (nSPS) is 16.8. The van der Waals surface area contributed by atoms with Crippen molar-refractivity contribution in [2.45, 2.75) is 46.1 Å². The second kappa shape index (κ2) is 8.37. The molecule has 0 spiro atoms. The maximum atomic E-state index is 13.1. The number of fused-ring (bicyclic) bond motifs is 1. The zero-order valence-electron chi connectivity index (χ0n) is 17.1. The Morgan fingerprint density at radius 3 is 2.93 bits per heavy atom. The number of ether oxygens (including phenoxy) is 1. The number of aryl methyl sites for hydroxylation is 1. The molecule has 0 saturated carbocycles. The van der Waals surface area contributed by atoms with E-state index in [0.29, 0.717) is 29.0 Å². The highest BCUT2D eigenvalue weighted by Crippen LogP contribution is 2.37. The molecule has 1 saturated heterocycles. The Bertz CT molecular complexity index is 1030. The van der Waals surface area contributed by atoms with Crippen molar-refractivity contribution in [1.82, 2.24) is 9.97 Å². The van der Waals surface area contributed by atoms with Crippen molar-refractivity contribution >= 4 is 39.0 Å². The van der Waals surface area contributed by atoms with Crippen LogP contribution < -0.4 is 15.0 Å². The molecule has 0 radical (unpaired) electrons. The number of piperidine rings is 1. The highest BCUT2D eigenvalue weighted by atomic mass is 32.1. The number of hydrogen-bond acceptors (Lipinski definition) is 6. The third-order valence-corrected chi connectivity index (χ3v) is 6.62. The van der Waals surface area contributed by atoms with Crippen molar-refractivity contribution in [3.63, 3.8) is 0 Å². The number of carbonyl (C=O) groups is 1. The number of para-hydroxylation sites is 2. The molecule has 1 fully saturated rings. The molecule has 1 amide bonds. The second-order valence-electron chi connectivity index (χ2n) is 7.36. The highest BCUT2D eigenvalue weighted by Gasteiger charge is 2.26. The fourth-order valence-corrected chi connectivity index (χ4v) is 4.97. The van der Waals surface area contributed by atoms with Gasteiger partial charge in [0.25, 0.3) is 5.91 Å². The van der Waals surface area contributed by atoms with E-state index in [2.05, 4.69) is 27.1 Å². The molecule has 0 unspecified atom stereocenters. The van der Waals surface area contributed by atoms with Crippen LogP contribution in [-0.4, -0.2) is 35.1 Å². The molecule has 1 aliphatic rings. The number of carbonyl (C=O) groups excluding carboxylic acids is 1. The lowest BCUT2D eigenvalue weighted by Gasteiger charge is -2.34. The second-order valence-corrected chi connectivity index (χ2v) is 8.35. The summed E-state index contributed by atoms with van der Waals surface area (Å²) >= 11 is 1.42. The van der Waals surface area contributed by atoms with E-state index in [0.717, 1.165) is 34.6 Å². The Morgan fingerprint density at radius 2 is 2.14 bits per heavy atom. The molecule has 2 aromatic heterocycles. The number of nitrogens with zero attached hydrogens (tertiary/aromatic N) is 3. The number of nitrogens with one attached hydrogen (secondary N) is 1.